The zero-order chi connectivity index (χ0) is 21.2. The number of fused-ring (bicyclic) bond motifs is 5. The quantitative estimate of drug-likeness (QED) is 0.591. The summed E-state index contributed by atoms with van der Waals surface area (Å²) in [5.41, 5.74) is -1.04. The maximum atomic E-state index is 11.7. The molecule has 0 heterocycles. The summed E-state index contributed by atoms with van der Waals surface area (Å²) in [5.74, 6) is 3.44. The van der Waals surface area contributed by atoms with Crippen molar-refractivity contribution < 1.29 is 15.3 Å². The first-order valence-electron chi connectivity index (χ1n) is 12.6. The number of aliphatic hydroxyl groups is 3. The van der Waals surface area contributed by atoms with Gasteiger partial charge in [-0.15, -0.1) is 0 Å². The van der Waals surface area contributed by atoms with Crippen LogP contribution in [0.3, 0.4) is 0 Å². The number of aliphatic hydroxyl groups excluding tert-OH is 2. The maximum Gasteiger partial charge on any atom is 0.0988 e. The van der Waals surface area contributed by atoms with Crippen LogP contribution in [-0.4, -0.2) is 33.1 Å². The van der Waals surface area contributed by atoms with E-state index in [1.165, 1.54) is 38.5 Å². The Morgan fingerprint density at radius 3 is 2.31 bits per heavy atom. The molecular weight excluding hydrogens is 360 g/mol. The van der Waals surface area contributed by atoms with Crippen LogP contribution < -0.4 is 0 Å². The third-order valence-corrected chi connectivity index (χ3v) is 10.7. The van der Waals surface area contributed by atoms with Crippen LogP contribution in [0.15, 0.2) is 0 Å². The van der Waals surface area contributed by atoms with Gasteiger partial charge < -0.3 is 15.3 Å². The van der Waals surface area contributed by atoms with Crippen molar-refractivity contribution in [3.63, 3.8) is 0 Å². The molecule has 29 heavy (non-hydrogen) atoms. The van der Waals surface area contributed by atoms with E-state index >= 15 is 0 Å². The fourth-order valence-electron chi connectivity index (χ4n) is 9.06. The van der Waals surface area contributed by atoms with Crippen LogP contribution in [0.25, 0.3) is 0 Å². The van der Waals surface area contributed by atoms with Gasteiger partial charge in [-0.3, -0.25) is 0 Å². The highest BCUT2D eigenvalue weighted by atomic mass is 16.3. The van der Waals surface area contributed by atoms with E-state index in [4.69, 9.17) is 0 Å². The molecule has 10 atom stereocenters. The molecule has 4 saturated carbocycles. The molecule has 0 aromatic carbocycles. The molecule has 4 rings (SSSR count). The van der Waals surface area contributed by atoms with Crippen LogP contribution >= 0.6 is 0 Å². The molecule has 3 nitrogen and oxygen atoms in total. The average Bonchev–Trinajstić information content (AvgIpc) is 3.07. The first kappa shape index (κ1) is 22.1. The second kappa shape index (κ2) is 7.48. The van der Waals surface area contributed by atoms with Crippen LogP contribution in [0.4, 0.5) is 0 Å². The van der Waals surface area contributed by atoms with E-state index < -0.39 is 17.8 Å². The Morgan fingerprint density at radius 2 is 1.62 bits per heavy atom. The van der Waals surface area contributed by atoms with Gasteiger partial charge in [0.25, 0.3) is 0 Å². The van der Waals surface area contributed by atoms with Crippen molar-refractivity contribution in [2.75, 3.05) is 0 Å². The molecule has 0 aliphatic heterocycles. The summed E-state index contributed by atoms with van der Waals surface area (Å²) in [6.07, 6.45) is 9.71. The summed E-state index contributed by atoms with van der Waals surface area (Å²) < 4.78 is 0. The minimum absolute atomic E-state index is 0.210. The molecule has 0 aromatic rings. The summed E-state index contributed by atoms with van der Waals surface area (Å²) in [5, 5.41) is 33.5. The van der Waals surface area contributed by atoms with Crippen molar-refractivity contribution >= 4 is 0 Å². The highest BCUT2D eigenvalue weighted by Crippen LogP contribution is 2.71. The van der Waals surface area contributed by atoms with Crippen LogP contribution in [0.1, 0.15) is 98.8 Å². The molecule has 1 unspecified atom stereocenters. The Hall–Kier alpha value is -0.120. The lowest BCUT2D eigenvalue weighted by atomic mass is 9.53. The molecule has 3 N–H and O–H groups in total. The molecule has 0 bridgehead atoms. The summed E-state index contributed by atoms with van der Waals surface area (Å²) >= 11 is 0. The van der Waals surface area contributed by atoms with E-state index in [2.05, 4.69) is 34.6 Å². The SMILES string of the molecule is CC(C)CCC[C@@H](C)[C@H]1CC[C@H]2[C@@H]3C(O)[C@]4(O)C[C@@H](O)CC[C@]4(C)[C@H]3CC[C@]12C. The molecule has 3 heteroatoms. The highest BCUT2D eigenvalue weighted by Gasteiger charge is 2.72. The minimum Gasteiger partial charge on any atom is -0.393 e. The van der Waals surface area contributed by atoms with Gasteiger partial charge in [0.05, 0.1) is 17.8 Å². The van der Waals surface area contributed by atoms with Gasteiger partial charge >= 0.3 is 0 Å². The molecule has 4 aliphatic rings. The van der Waals surface area contributed by atoms with Gasteiger partial charge in [0.1, 0.15) is 0 Å². The molecule has 4 fully saturated rings. The van der Waals surface area contributed by atoms with E-state index in [-0.39, 0.29) is 11.3 Å². The van der Waals surface area contributed by atoms with E-state index in [1.807, 2.05) is 0 Å². The maximum absolute atomic E-state index is 11.7. The molecule has 0 amide bonds. The Bertz CT molecular complexity index is 603. The van der Waals surface area contributed by atoms with Gasteiger partial charge in [-0.05, 0) is 79.4 Å². The Balaban J connectivity index is 1.55. The predicted molar refractivity (Wildman–Crippen MR) is 117 cm³/mol. The summed E-state index contributed by atoms with van der Waals surface area (Å²) in [6.45, 7) is 11.8. The first-order chi connectivity index (χ1) is 13.5. The largest absolute Gasteiger partial charge is 0.393 e. The highest BCUT2D eigenvalue weighted by molar-refractivity contribution is 5.21. The number of hydrogen-bond acceptors (Lipinski definition) is 3. The lowest BCUT2D eigenvalue weighted by molar-refractivity contribution is -0.172. The fourth-order valence-corrected chi connectivity index (χ4v) is 9.06. The van der Waals surface area contributed by atoms with Gasteiger partial charge in [-0.25, -0.2) is 0 Å². The van der Waals surface area contributed by atoms with E-state index in [0.717, 1.165) is 37.0 Å². The third-order valence-electron chi connectivity index (χ3n) is 10.7. The zero-order valence-corrected chi connectivity index (χ0v) is 19.5. The molecule has 0 aromatic heterocycles. The van der Waals surface area contributed by atoms with Crippen molar-refractivity contribution in [2.45, 2.75) is 117 Å². The minimum atomic E-state index is -1.10. The van der Waals surface area contributed by atoms with E-state index in [0.29, 0.717) is 23.7 Å². The average molecular weight is 407 g/mol. The van der Waals surface area contributed by atoms with Crippen LogP contribution in [0.5, 0.6) is 0 Å². The summed E-state index contributed by atoms with van der Waals surface area (Å²) in [6, 6.07) is 0. The van der Waals surface area contributed by atoms with Crippen molar-refractivity contribution in [3.8, 4) is 0 Å². The third kappa shape index (κ3) is 3.16. The molecule has 0 spiro atoms. The van der Waals surface area contributed by atoms with E-state index in [1.54, 1.807) is 0 Å². The van der Waals surface area contributed by atoms with Crippen molar-refractivity contribution in [3.05, 3.63) is 0 Å². The molecular formula is C26H46O3. The second-order valence-corrected chi connectivity index (χ2v) is 12.5. The molecule has 4 aliphatic carbocycles. The topological polar surface area (TPSA) is 60.7 Å². The van der Waals surface area contributed by atoms with Gasteiger partial charge in [0.2, 0.25) is 0 Å². The van der Waals surface area contributed by atoms with Crippen LogP contribution in [0.2, 0.25) is 0 Å². The van der Waals surface area contributed by atoms with Crippen molar-refractivity contribution in [1.82, 2.24) is 0 Å². The zero-order valence-electron chi connectivity index (χ0n) is 19.5. The Morgan fingerprint density at radius 1 is 0.897 bits per heavy atom. The van der Waals surface area contributed by atoms with E-state index in [9.17, 15) is 15.3 Å². The Kier molecular flexibility index (Phi) is 5.70. The molecule has 0 saturated heterocycles. The number of rotatable bonds is 5. The lowest BCUT2D eigenvalue weighted by Crippen LogP contribution is -2.56. The monoisotopic (exact) mass is 406 g/mol. The molecule has 0 radical (unpaired) electrons. The predicted octanol–water partition coefficient (Wildman–Crippen LogP) is 5.16. The number of hydrogen-bond donors (Lipinski definition) is 3. The second-order valence-electron chi connectivity index (χ2n) is 12.5. The smallest absolute Gasteiger partial charge is 0.0988 e. The fraction of sp³-hybridized carbons (Fsp3) is 1.00. The van der Waals surface area contributed by atoms with Crippen molar-refractivity contribution in [2.24, 2.45) is 46.3 Å². The van der Waals surface area contributed by atoms with Crippen LogP contribution in [0, 0.1) is 46.3 Å². The van der Waals surface area contributed by atoms with Crippen molar-refractivity contribution in [1.29, 1.82) is 0 Å². The van der Waals surface area contributed by atoms with Gasteiger partial charge in [-0.1, -0.05) is 53.9 Å². The summed E-state index contributed by atoms with van der Waals surface area (Å²) in [7, 11) is 0. The molecule has 168 valence electrons. The Labute approximate surface area is 178 Å². The summed E-state index contributed by atoms with van der Waals surface area (Å²) in [4.78, 5) is 0. The van der Waals surface area contributed by atoms with Gasteiger partial charge in [0.15, 0.2) is 0 Å². The standard InChI is InChI=1S/C26H46O3/c1-16(2)7-6-8-17(3)19-9-10-20-22-21(12-13-24(19,20)4)25(5)14-11-18(27)15-26(25,29)23(22)28/h16-23,27-29H,6-15H2,1-5H3/t17-,18+,19-,20+,21+,22+,23?,24-,25-,26-/m1/s1. The van der Waals surface area contributed by atoms with Crippen LogP contribution in [-0.2, 0) is 0 Å². The van der Waals surface area contributed by atoms with Gasteiger partial charge in [-0.2, -0.15) is 0 Å². The van der Waals surface area contributed by atoms with Gasteiger partial charge in [0, 0.05) is 11.8 Å². The normalized spacial score (nSPS) is 52.9. The first-order valence-corrected chi connectivity index (χ1v) is 12.6. The lowest BCUT2D eigenvalue weighted by Gasteiger charge is -2.52.